The van der Waals surface area contributed by atoms with E-state index in [-0.39, 0.29) is 5.91 Å². The molecule has 0 saturated carbocycles. The minimum atomic E-state index is -0.282. The first-order chi connectivity index (χ1) is 13.5. The maximum absolute atomic E-state index is 12.5. The average Bonchev–Trinajstić information content (AvgIpc) is 2.70. The zero-order valence-electron chi connectivity index (χ0n) is 16.2. The van der Waals surface area contributed by atoms with E-state index in [4.69, 9.17) is 22.2 Å². The number of carbonyl (C=O) groups excluding carboxylic acids is 1. The van der Waals surface area contributed by atoms with Crippen LogP contribution in [0.15, 0.2) is 54.6 Å². The van der Waals surface area contributed by atoms with Crippen LogP contribution in [0.3, 0.4) is 0 Å². The summed E-state index contributed by atoms with van der Waals surface area (Å²) in [6.45, 7) is 5.77. The SMILES string of the molecule is CC(C)COc1ccc(C(=O)NC(=S)N(CCC#N)Cc2ccccc2)cc1. The molecular weight excluding hydrogens is 370 g/mol. The van der Waals surface area contributed by atoms with Gasteiger partial charge in [-0.2, -0.15) is 5.26 Å². The van der Waals surface area contributed by atoms with Crippen molar-refractivity contribution in [1.29, 1.82) is 5.26 Å². The molecule has 0 unspecified atom stereocenters. The second-order valence-corrected chi connectivity index (χ2v) is 7.19. The lowest BCUT2D eigenvalue weighted by Gasteiger charge is -2.24. The van der Waals surface area contributed by atoms with E-state index < -0.39 is 0 Å². The van der Waals surface area contributed by atoms with Gasteiger partial charge in [0, 0.05) is 18.7 Å². The Morgan fingerprint density at radius 3 is 2.46 bits per heavy atom. The van der Waals surface area contributed by atoms with Gasteiger partial charge in [0.05, 0.1) is 19.1 Å². The van der Waals surface area contributed by atoms with Crippen molar-refractivity contribution in [3.63, 3.8) is 0 Å². The van der Waals surface area contributed by atoms with Crippen LogP contribution in [0.25, 0.3) is 0 Å². The molecule has 0 heterocycles. The first kappa shape index (κ1) is 21.4. The lowest BCUT2D eigenvalue weighted by molar-refractivity contribution is 0.0973. The smallest absolute Gasteiger partial charge is 0.257 e. The van der Waals surface area contributed by atoms with Crippen molar-refractivity contribution in [3.8, 4) is 11.8 Å². The molecule has 5 nitrogen and oxygen atoms in total. The molecule has 0 bridgehead atoms. The normalized spacial score (nSPS) is 10.2. The molecule has 0 atom stereocenters. The van der Waals surface area contributed by atoms with Gasteiger partial charge in [0.1, 0.15) is 5.75 Å². The zero-order valence-corrected chi connectivity index (χ0v) is 17.0. The molecule has 28 heavy (non-hydrogen) atoms. The second kappa shape index (κ2) is 11.1. The van der Waals surface area contributed by atoms with Crippen molar-refractivity contribution in [2.75, 3.05) is 13.2 Å². The van der Waals surface area contributed by atoms with Crippen molar-refractivity contribution in [2.24, 2.45) is 5.92 Å². The van der Waals surface area contributed by atoms with Gasteiger partial charge in [-0.25, -0.2) is 0 Å². The molecule has 6 heteroatoms. The Morgan fingerprint density at radius 2 is 1.86 bits per heavy atom. The van der Waals surface area contributed by atoms with Crippen molar-refractivity contribution < 1.29 is 9.53 Å². The van der Waals surface area contributed by atoms with E-state index in [9.17, 15) is 4.79 Å². The van der Waals surface area contributed by atoms with E-state index in [2.05, 4.69) is 25.2 Å². The summed E-state index contributed by atoms with van der Waals surface area (Å²) in [4.78, 5) is 14.4. The number of nitrogens with one attached hydrogen (secondary N) is 1. The third kappa shape index (κ3) is 7.01. The molecule has 2 rings (SSSR count). The monoisotopic (exact) mass is 395 g/mol. The van der Waals surface area contributed by atoms with Gasteiger partial charge in [0.2, 0.25) is 0 Å². The number of hydrogen-bond donors (Lipinski definition) is 1. The molecule has 0 saturated heterocycles. The van der Waals surface area contributed by atoms with Crippen LogP contribution < -0.4 is 10.1 Å². The maximum Gasteiger partial charge on any atom is 0.257 e. The Labute approximate surface area is 171 Å². The molecule has 2 aromatic rings. The number of nitriles is 1. The number of hydrogen-bond acceptors (Lipinski definition) is 4. The van der Waals surface area contributed by atoms with Crippen LogP contribution in [0.2, 0.25) is 0 Å². The summed E-state index contributed by atoms with van der Waals surface area (Å²) < 4.78 is 5.64. The van der Waals surface area contributed by atoms with E-state index in [0.29, 0.717) is 42.7 Å². The topological polar surface area (TPSA) is 65.4 Å². The minimum absolute atomic E-state index is 0.282. The fourth-order valence-corrected chi connectivity index (χ4v) is 2.70. The molecule has 0 spiro atoms. The molecule has 0 aliphatic rings. The molecule has 0 aliphatic carbocycles. The molecule has 0 aliphatic heterocycles. The van der Waals surface area contributed by atoms with Gasteiger partial charge < -0.3 is 9.64 Å². The van der Waals surface area contributed by atoms with Crippen molar-refractivity contribution in [1.82, 2.24) is 10.2 Å². The maximum atomic E-state index is 12.5. The molecule has 1 N–H and O–H groups in total. The van der Waals surface area contributed by atoms with Crippen LogP contribution >= 0.6 is 12.2 Å². The summed E-state index contributed by atoms with van der Waals surface area (Å²) in [5, 5.41) is 12.0. The van der Waals surface area contributed by atoms with Crippen LogP contribution in [0.4, 0.5) is 0 Å². The highest BCUT2D eigenvalue weighted by Gasteiger charge is 2.14. The van der Waals surface area contributed by atoms with Gasteiger partial charge in [-0.05, 0) is 48.0 Å². The van der Waals surface area contributed by atoms with E-state index >= 15 is 0 Å². The first-order valence-corrected chi connectivity index (χ1v) is 9.64. The Kier molecular flexibility index (Phi) is 8.44. The fraction of sp³-hybridized carbons (Fsp3) is 0.318. The molecule has 146 valence electrons. The van der Waals surface area contributed by atoms with Gasteiger partial charge in [0.15, 0.2) is 5.11 Å². The van der Waals surface area contributed by atoms with Gasteiger partial charge >= 0.3 is 0 Å². The first-order valence-electron chi connectivity index (χ1n) is 9.23. The molecule has 0 fully saturated rings. The highest BCUT2D eigenvalue weighted by Crippen LogP contribution is 2.13. The van der Waals surface area contributed by atoms with E-state index in [1.54, 1.807) is 24.3 Å². The van der Waals surface area contributed by atoms with E-state index in [1.165, 1.54) is 0 Å². The predicted octanol–water partition coefficient (Wildman–Crippen LogP) is 4.15. The third-order valence-corrected chi connectivity index (χ3v) is 4.28. The summed E-state index contributed by atoms with van der Waals surface area (Å²) >= 11 is 5.42. The van der Waals surface area contributed by atoms with Crippen LogP contribution in [0.5, 0.6) is 5.75 Å². The third-order valence-electron chi connectivity index (χ3n) is 3.92. The highest BCUT2D eigenvalue weighted by atomic mass is 32.1. The second-order valence-electron chi connectivity index (χ2n) is 6.80. The van der Waals surface area contributed by atoms with E-state index in [1.807, 2.05) is 35.2 Å². The van der Waals surface area contributed by atoms with Crippen molar-refractivity contribution >= 4 is 23.2 Å². The number of nitrogens with zero attached hydrogens (tertiary/aromatic N) is 2. The Bertz CT molecular complexity index is 814. The lowest BCUT2D eigenvalue weighted by Crippen LogP contribution is -2.42. The number of ether oxygens (including phenoxy) is 1. The predicted molar refractivity (Wildman–Crippen MR) is 114 cm³/mol. The summed E-state index contributed by atoms with van der Waals surface area (Å²) in [6.07, 6.45) is 0.324. The van der Waals surface area contributed by atoms with Crippen LogP contribution in [-0.2, 0) is 6.54 Å². The van der Waals surface area contributed by atoms with Gasteiger partial charge in [-0.1, -0.05) is 44.2 Å². The van der Waals surface area contributed by atoms with Crippen molar-refractivity contribution in [3.05, 3.63) is 65.7 Å². The highest BCUT2D eigenvalue weighted by molar-refractivity contribution is 7.80. The van der Waals surface area contributed by atoms with Crippen molar-refractivity contribution in [2.45, 2.75) is 26.8 Å². The Balaban J connectivity index is 1.99. The minimum Gasteiger partial charge on any atom is -0.493 e. The quantitative estimate of drug-likeness (QED) is 0.680. The van der Waals surface area contributed by atoms with Crippen LogP contribution in [-0.4, -0.2) is 29.1 Å². The number of benzene rings is 2. The Hall–Kier alpha value is -2.91. The lowest BCUT2D eigenvalue weighted by atomic mass is 10.2. The average molecular weight is 396 g/mol. The molecule has 2 aromatic carbocycles. The molecule has 0 aromatic heterocycles. The summed E-state index contributed by atoms with van der Waals surface area (Å²) in [5.74, 6) is 0.882. The number of thiocarbonyl (C=S) groups is 1. The largest absolute Gasteiger partial charge is 0.493 e. The van der Waals surface area contributed by atoms with Gasteiger partial charge in [-0.3, -0.25) is 10.1 Å². The zero-order chi connectivity index (χ0) is 20.4. The molecule has 0 radical (unpaired) electrons. The summed E-state index contributed by atoms with van der Waals surface area (Å²) in [7, 11) is 0. The Morgan fingerprint density at radius 1 is 1.18 bits per heavy atom. The molecule has 1 amide bonds. The summed E-state index contributed by atoms with van der Waals surface area (Å²) in [5.41, 5.74) is 1.56. The standard InChI is InChI=1S/C22H25N3O2S/c1-17(2)16-27-20-11-9-19(10-12-20)21(26)24-22(28)25(14-6-13-23)15-18-7-4-3-5-8-18/h3-5,7-12,17H,6,14-16H2,1-2H3,(H,24,26,28). The van der Waals surface area contributed by atoms with Gasteiger partial charge in [0.25, 0.3) is 5.91 Å². The number of rotatable bonds is 8. The van der Waals surface area contributed by atoms with Crippen LogP contribution in [0, 0.1) is 17.2 Å². The molecular formula is C22H25N3O2S. The number of amides is 1. The number of carbonyl (C=O) groups is 1. The van der Waals surface area contributed by atoms with Crippen LogP contribution in [0.1, 0.15) is 36.2 Å². The summed E-state index contributed by atoms with van der Waals surface area (Å²) in [6, 6.07) is 18.9. The van der Waals surface area contributed by atoms with Gasteiger partial charge in [-0.15, -0.1) is 0 Å². The van der Waals surface area contributed by atoms with E-state index in [0.717, 1.165) is 11.3 Å². The fourth-order valence-electron chi connectivity index (χ4n) is 2.45.